The van der Waals surface area contributed by atoms with E-state index in [0.29, 0.717) is 12.1 Å². The number of hydrogen-bond acceptors (Lipinski definition) is 2. The first-order chi connectivity index (χ1) is 8.88. The molecule has 2 atom stereocenters. The molecule has 2 N–H and O–H groups in total. The van der Waals surface area contributed by atoms with E-state index in [1.165, 1.54) is 30.5 Å². The zero-order chi connectivity index (χ0) is 14.0. The van der Waals surface area contributed by atoms with Gasteiger partial charge in [0.05, 0.1) is 0 Å². The van der Waals surface area contributed by atoms with Crippen molar-refractivity contribution in [2.24, 2.45) is 5.73 Å². The van der Waals surface area contributed by atoms with Gasteiger partial charge in [-0.1, -0.05) is 45.0 Å². The van der Waals surface area contributed by atoms with Crippen LogP contribution in [0.5, 0.6) is 0 Å². The quantitative estimate of drug-likeness (QED) is 0.882. The van der Waals surface area contributed by atoms with E-state index in [0.717, 1.165) is 6.54 Å². The van der Waals surface area contributed by atoms with Crippen LogP contribution < -0.4 is 5.73 Å². The zero-order valence-electron chi connectivity index (χ0n) is 12.8. The number of likely N-dealkylation sites (tertiary alicyclic amines) is 1. The van der Waals surface area contributed by atoms with Crippen molar-refractivity contribution >= 4 is 0 Å². The number of nitrogens with zero attached hydrogens (tertiary/aromatic N) is 1. The highest BCUT2D eigenvalue weighted by Crippen LogP contribution is 2.27. The third kappa shape index (κ3) is 3.58. The third-order valence-electron chi connectivity index (χ3n) is 4.30. The van der Waals surface area contributed by atoms with Crippen LogP contribution in [0, 0.1) is 0 Å². The van der Waals surface area contributed by atoms with Gasteiger partial charge in [0.2, 0.25) is 0 Å². The summed E-state index contributed by atoms with van der Waals surface area (Å²) in [7, 11) is 0. The summed E-state index contributed by atoms with van der Waals surface area (Å²) >= 11 is 0. The maximum absolute atomic E-state index is 6.08. The molecule has 0 aromatic heterocycles. The standard InChI is InChI=1S/C17H28N2/c1-13(19-11-5-6-16(18)12-19)14-7-9-15(10-8-14)17(2,3)4/h7-10,13,16H,5-6,11-12,18H2,1-4H3. The van der Waals surface area contributed by atoms with Crippen LogP contribution in [0.25, 0.3) is 0 Å². The van der Waals surface area contributed by atoms with Crippen LogP contribution in [0.4, 0.5) is 0 Å². The lowest BCUT2D eigenvalue weighted by atomic mass is 9.86. The number of rotatable bonds is 2. The van der Waals surface area contributed by atoms with Crippen LogP contribution in [-0.2, 0) is 5.41 Å². The van der Waals surface area contributed by atoms with Gasteiger partial charge in [-0.25, -0.2) is 0 Å². The average molecular weight is 260 g/mol. The lowest BCUT2D eigenvalue weighted by Crippen LogP contribution is -2.43. The molecule has 1 heterocycles. The van der Waals surface area contributed by atoms with Crippen molar-refractivity contribution in [3.05, 3.63) is 35.4 Å². The number of benzene rings is 1. The predicted octanol–water partition coefficient (Wildman–Crippen LogP) is 3.47. The maximum Gasteiger partial charge on any atom is 0.0320 e. The second kappa shape index (κ2) is 5.64. The molecule has 0 spiro atoms. The summed E-state index contributed by atoms with van der Waals surface area (Å²) in [6, 6.07) is 9.94. The molecule has 2 unspecified atom stereocenters. The van der Waals surface area contributed by atoms with E-state index >= 15 is 0 Å². The Morgan fingerprint density at radius 3 is 2.37 bits per heavy atom. The topological polar surface area (TPSA) is 29.3 Å². The highest BCUT2D eigenvalue weighted by molar-refractivity contribution is 5.29. The SMILES string of the molecule is CC(c1ccc(C(C)(C)C)cc1)N1CCCC(N)C1. The maximum atomic E-state index is 6.08. The molecule has 2 heteroatoms. The Morgan fingerprint density at radius 1 is 1.21 bits per heavy atom. The fourth-order valence-corrected chi connectivity index (χ4v) is 2.86. The molecule has 1 fully saturated rings. The van der Waals surface area contributed by atoms with Crippen molar-refractivity contribution in [2.45, 2.75) is 58.0 Å². The first-order valence-corrected chi connectivity index (χ1v) is 7.48. The van der Waals surface area contributed by atoms with Gasteiger partial charge in [0.1, 0.15) is 0 Å². The number of piperidine rings is 1. The van der Waals surface area contributed by atoms with Crippen molar-refractivity contribution in [3.8, 4) is 0 Å². The molecule has 1 aromatic carbocycles. The summed E-state index contributed by atoms with van der Waals surface area (Å²) < 4.78 is 0. The minimum Gasteiger partial charge on any atom is -0.327 e. The Kier molecular flexibility index (Phi) is 4.32. The fraction of sp³-hybridized carbons (Fsp3) is 0.647. The Labute approximate surface area is 118 Å². The normalized spacial score (nSPS) is 23.3. The molecule has 0 radical (unpaired) electrons. The number of nitrogens with two attached hydrogens (primary N) is 1. The lowest BCUT2D eigenvalue weighted by molar-refractivity contribution is 0.159. The van der Waals surface area contributed by atoms with Gasteiger partial charge >= 0.3 is 0 Å². The minimum atomic E-state index is 0.231. The van der Waals surface area contributed by atoms with Crippen molar-refractivity contribution in [1.82, 2.24) is 4.90 Å². The van der Waals surface area contributed by atoms with E-state index in [9.17, 15) is 0 Å². The highest BCUT2D eigenvalue weighted by atomic mass is 15.2. The van der Waals surface area contributed by atoms with E-state index in [4.69, 9.17) is 5.73 Å². The molecule has 1 saturated heterocycles. The molecule has 1 aliphatic rings. The molecule has 2 rings (SSSR count). The predicted molar refractivity (Wildman–Crippen MR) is 82.3 cm³/mol. The van der Waals surface area contributed by atoms with Gasteiger partial charge in [-0.3, -0.25) is 4.90 Å². The summed E-state index contributed by atoms with van der Waals surface area (Å²) in [4.78, 5) is 2.51. The van der Waals surface area contributed by atoms with Gasteiger partial charge in [-0.2, -0.15) is 0 Å². The summed E-state index contributed by atoms with van der Waals surface area (Å²) in [5.74, 6) is 0. The molecule has 19 heavy (non-hydrogen) atoms. The van der Waals surface area contributed by atoms with Gasteiger partial charge in [0.15, 0.2) is 0 Å². The van der Waals surface area contributed by atoms with Crippen LogP contribution in [0.15, 0.2) is 24.3 Å². The summed E-state index contributed by atoms with van der Waals surface area (Å²) in [5.41, 5.74) is 9.12. The summed E-state index contributed by atoms with van der Waals surface area (Å²) in [6.07, 6.45) is 2.40. The Bertz CT molecular complexity index is 402. The lowest BCUT2D eigenvalue weighted by Gasteiger charge is -2.35. The molecule has 0 bridgehead atoms. The molecule has 1 aliphatic heterocycles. The monoisotopic (exact) mass is 260 g/mol. The van der Waals surface area contributed by atoms with E-state index in [2.05, 4.69) is 56.9 Å². The zero-order valence-corrected chi connectivity index (χ0v) is 12.8. The van der Waals surface area contributed by atoms with Crippen molar-refractivity contribution in [1.29, 1.82) is 0 Å². The molecular weight excluding hydrogens is 232 g/mol. The molecule has 0 saturated carbocycles. The third-order valence-corrected chi connectivity index (χ3v) is 4.30. The second-order valence-electron chi connectivity index (χ2n) is 6.95. The van der Waals surface area contributed by atoms with Crippen molar-refractivity contribution in [2.75, 3.05) is 13.1 Å². The van der Waals surface area contributed by atoms with E-state index in [1.54, 1.807) is 0 Å². The molecule has 106 valence electrons. The van der Waals surface area contributed by atoms with Crippen LogP contribution in [0.3, 0.4) is 0 Å². The molecule has 1 aromatic rings. The first kappa shape index (κ1) is 14.5. The second-order valence-corrected chi connectivity index (χ2v) is 6.95. The van der Waals surface area contributed by atoms with Crippen LogP contribution in [0.1, 0.15) is 57.7 Å². The van der Waals surface area contributed by atoms with E-state index < -0.39 is 0 Å². The van der Waals surface area contributed by atoms with Gasteiger partial charge in [-0.05, 0) is 42.9 Å². The fourth-order valence-electron chi connectivity index (χ4n) is 2.86. The number of hydrogen-bond donors (Lipinski definition) is 1. The minimum absolute atomic E-state index is 0.231. The van der Waals surface area contributed by atoms with Gasteiger partial charge in [-0.15, -0.1) is 0 Å². The van der Waals surface area contributed by atoms with Crippen LogP contribution in [0.2, 0.25) is 0 Å². The summed E-state index contributed by atoms with van der Waals surface area (Å²) in [6.45, 7) is 11.3. The van der Waals surface area contributed by atoms with Crippen molar-refractivity contribution < 1.29 is 0 Å². The first-order valence-electron chi connectivity index (χ1n) is 7.48. The van der Waals surface area contributed by atoms with E-state index in [-0.39, 0.29) is 5.41 Å². The smallest absolute Gasteiger partial charge is 0.0320 e. The average Bonchev–Trinajstić information content (AvgIpc) is 2.37. The van der Waals surface area contributed by atoms with Gasteiger partial charge < -0.3 is 5.73 Å². The van der Waals surface area contributed by atoms with Crippen LogP contribution in [-0.4, -0.2) is 24.0 Å². The Morgan fingerprint density at radius 2 is 1.84 bits per heavy atom. The molecule has 0 aliphatic carbocycles. The van der Waals surface area contributed by atoms with Gasteiger partial charge in [0, 0.05) is 18.6 Å². The van der Waals surface area contributed by atoms with E-state index in [1.807, 2.05) is 0 Å². The largest absolute Gasteiger partial charge is 0.327 e. The van der Waals surface area contributed by atoms with Crippen LogP contribution >= 0.6 is 0 Å². The summed E-state index contributed by atoms with van der Waals surface area (Å²) in [5, 5.41) is 0. The Hall–Kier alpha value is -0.860. The molecular formula is C17H28N2. The molecule has 0 amide bonds. The van der Waals surface area contributed by atoms with Crippen molar-refractivity contribution in [3.63, 3.8) is 0 Å². The highest BCUT2D eigenvalue weighted by Gasteiger charge is 2.22. The molecule has 2 nitrogen and oxygen atoms in total. The van der Waals surface area contributed by atoms with Gasteiger partial charge in [0.25, 0.3) is 0 Å². The Balaban J connectivity index is 2.09.